The SMILES string of the molecule is COc1cc(CCN(C)C(=O)c2ccc3c(c2)OCO3)cc(OC)c1OC. The fourth-order valence-electron chi connectivity index (χ4n) is 2.93. The molecule has 2 aromatic carbocycles. The third-order valence-corrected chi connectivity index (χ3v) is 4.43. The van der Waals surface area contributed by atoms with Gasteiger partial charge in [0.2, 0.25) is 12.5 Å². The van der Waals surface area contributed by atoms with Crippen molar-refractivity contribution in [1.29, 1.82) is 0 Å². The number of benzene rings is 2. The van der Waals surface area contributed by atoms with E-state index in [0.717, 1.165) is 5.56 Å². The largest absolute Gasteiger partial charge is 0.493 e. The van der Waals surface area contributed by atoms with E-state index in [4.69, 9.17) is 23.7 Å². The molecule has 0 unspecified atom stereocenters. The standard InChI is InChI=1S/C20H23NO6/c1-21(20(22)14-5-6-15-16(11-14)27-12-26-15)8-7-13-9-17(23-2)19(25-4)18(10-13)24-3/h5-6,9-11H,7-8,12H2,1-4H3. The molecule has 1 heterocycles. The maximum absolute atomic E-state index is 12.7. The van der Waals surface area contributed by atoms with E-state index in [1.807, 2.05) is 12.1 Å². The smallest absolute Gasteiger partial charge is 0.253 e. The molecule has 1 amide bonds. The summed E-state index contributed by atoms with van der Waals surface area (Å²) in [5.41, 5.74) is 1.54. The Hall–Kier alpha value is -3.09. The summed E-state index contributed by atoms with van der Waals surface area (Å²) in [6.07, 6.45) is 0.642. The molecule has 7 heteroatoms. The molecule has 0 spiro atoms. The first-order chi connectivity index (χ1) is 13.1. The number of rotatable bonds is 7. The topological polar surface area (TPSA) is 66.5 Å². The van der Waals surface area contributed by atoms with E-state index in [1.165, 1.54) is 0 Å². The van der Waals surface area contributed by atoms with Crippen molar-refractivity contribution < 1.29 is 28.5 Å². The summed E-state index contributed by atoms with van der Waals surface area (Å²) in [6.45, 7) is 0.718. The second kappa shape index (κ2) is 8.07. The van der Waals surface area contributed by atoms with Crippen LogP contribution in [-0.4, -0.2) is 52.5 Å². The van der Waals surface area contributed by atoms with E-state index in [2.05, 4.69) is 0 Å². The molecule has 0 saturated carbocycles. The lowest BCUT2D eigenvalue weighted by atomic mass is 10.1. The summed E-state index contributed by atoms with van der Waals surface area (Å²) >= 11 is 0. The Morgan fingerprint density at radius 2 is 1.67 bits per heavy atom. The van der Waals surface area contributed by atoms with Crippen LogP contribution in [0.3, 0.4) is 0 Å². The van der Waals surface area contributed by atoms with Crippen molar-refractivity contribution in [2.24, 2.45) is 0 Å². The number of hydrogen-bond donors (Lipinski definition) is 0. The second-order valence-corrected chi connectivity index (χ2v) is 6.08. The number of fused-ring (bicyclic) bond motifs is 1. The Morgan fingerprint density at radius 3 is 2.30 bits per heavy atom. The monoisotopic (exact) mass is 373 g/mol. The van der Waals surface area contributed by atoms with Crippen LogP contribution < -0.4 is 23.7 Å². The highest BCUT2D eigenvalue weighted by Gasteiger charge is 2.19. The number of carbonyl (C=O) groups excluding carboxylic acids is 1. The van der Waals surface area contributed by atoms with Crippen LogP contribution in [0.1, 0.15) is 15.9 Å². The molecular weight excluding hydrogens is 350 g/mol. The van der Waals surface area contributed by atoms with E-state index in [0.29, 0.717) is 47.3 Å². The minimum Gasteiger partial charge on any atom is -0.493 e. The van der Waals surface area contributed by atoms with Gasteiger partial charge in [-0.25, -0.2) is 0 Å². The molecule has 0 atom stereocenters. The van der Waals surface area contributed by atoms with Crippen molar-refractivity contribution in [3.8, 4) is 28.7 Å². The molecule has 144 valence electrons. The molecule has 0 saturated heterocycles. The minimum atomic E-state index is -0.0826. The van der Waals surface area contributed by atoms with Crippen LogP contribution in [0.2, 0.25) is 0 Å². The molecule has 0 bridgehead atoms. The summed E-state index contributed by atoms with van der Waals surface area (Å²) in [7, 11) is 6.50. The van der Waals surface area contributed by atoms with Gasteiger partial charge in [-0.1, -0.05) is 0 Å². The van der Waals surface area contributed by atoms with Gasteiger partial charge < -0.3 is 28.6 Å². The number of nitrogens with zero attached hydrogens (tertiary/aromatic N) is 1. The van der Waals surface area contributed by atoms with E-state index in [1.54, 1.807) is 51.5 Å². The first-order valence-electron chi connectivity index (χ1n) is 8.51. The predicted octanol–water partition coefficient (Wildman–Crippen LogP) is 2.76. The van der Waals surface area contributed by atoms with Crippen molar-refractivity contribution >= 4 is 5.91 Å². The average Bonchev–Trinajstić information content (AvgIpc) is 3.18. The van der Waals surface area contributed by atoms with Gasteiger partial charge in [-0.3, -0.25) is 4.79 Å². The number of methoxy groups -OCH3 is 3. The third kappa shape index (κ3) is 3.86. The number of ether oxygens (including phenoxy) is 5. The van der Waals surface area contributed by atoms with E-state index < -0.39 is 0 Å². The Morgan fingerprint density at radius 1 is 1.00 bits per heavy atom. The van der Waals surface area contributed by atoms with Crippen LogP contribution in [0, 0.1) is 0 Å². The van der Waals surface area contributed by atoms with Gasteiger partial charge in [0.25, 0.3) is 5.91 Å². The summed E-state index contributed by atoms with van der Waals surface area (Å²) in [5, 5.41) is 0. The van der Waals surface area contributed by atoms with Gasteiger partial charge in [0.15, 0.2) is 23.0 Å². The predicted molar refractivity (Wildman–Crippen MR) is 99.3 cm³/mol. The quantitative estimate of drug-likeness (QED) is 0.744. The molecule has 2 aromatic rings. The first kappa shape index (κ1) is 18.7. The lowest BCUT2D eigenvalue weighted by Gasteiger charge is -2.19. The minimum absolute atomic E-state index is 0.0826. The Bertz CT molecular complexity index is 810. The fourth-order valence-corrected chi connectivity index (χ4v) is 2.93. The van der Waals surface area contributed by atoms with E-state index >= 15 is 0 Å². The maximum Gasteiger partial charge on any atom is 0.253 e. The molecule has 7 nitrogen and oxygen atoms in total. The van der Waals surface area contributed by atoms with Crippen LogP contribution >= 0.6 is 0 Å². The second-order valence-electron chi connectivity index (χ2n) is 6.08. The first-order valence-corrected chi connectivity index (χ1v) is 8.51. The van der Waals surface area contributed by atoms with E-state index in [9.17, 15) is 4.79 Å². The average molecular weight is 373 g/mol. The van der Waals surface area contributed by atoms with Gasteiger partial charge in [-0.2, -0.15) is 0 Å². The lowest BCUT2D eigenvalue weighted by Crippen LogP contribution is -2.28. The number of likely N-dealkylation sites (N-methyl/N-ethyl adjacent to an activating group) is 1. The normalized spacial score (nSPS) is 11.9. The van der Waals surface area contributed by atoms with Crippen LogP contribution in [-0.2, 0) is 6.42 Å². The zero-order valence-electron chi connectivity index (χ0n) is 15.9. The highest BCUT2D eigenvalue weighted by atomic mass is 16.7. The number of hydrogen-bond acceptors (Lipinski definition) is 6. The summed E-state index contributed by atoms with van der Waals surface area (Å²) in [5.74, 6) is 2.91. The molecule has 0 aliphatic carbocycles. The number of amides is 1. The van der Waals surface area contributed by atoms with Crippen molar-refractivity contribution in [2.75, 3.05) is 41.7 Å². The van der Waals surface area contributed by atoms with Crippen LogP contribution in [0.4, 0.5) is 0 Å². The Labute approximate surface area is 158 Å². The van der Waals surface area contributed by atoms with Gasteiger partial charge in [0, 0.05) is 19.2 Å². The van der Waals surface area contributed by atoms with Gasteiger partial charge in [0.05, 0.1) is 21.3 Å². The summed E-state index contributed by atoms with van der Waals surface area (Å²) in [4.78, 5) is 14.3. The highest BCUT2D eigenvalue weighted by molar-refractivity contribution is 5.94. The van der Waals surface area contributed by atoms with Crippen molar-refractivity contribution in [1.82, 2.24) is 4.90 Å². The van der Waals surface area contributed by atoms with Crippen molar-refractivity contribution in [2.45, 2.75) is 6.42 Å². The van der Waals surface area contributed by atoms with Crippen molar-refractivity contribution in [3.63, 3.8) is 0 Å². The van der Waals surface area contributed by atoms with E-state index in [-0.39, 0.29) is 12.7 Å². The van der Waals surface area contributed by atoms with Crippen LogP contribution in [0.25, 0.3) is 0 Å². The summed E-state index contributed by atoms with van der Waals surface area (Å²) in [6, 6.07) is 8.98. The summed E-state index contributed by atoms with van der Waals surface area (Å²) < 4.78 is 26.7. The van der Waals surface area contributed by atoms with Crippen LogP contribution in [0.5, 0.6) is 28.7 Å². The lowest BCUT2D eigenvalue weighted by molar-refractivity contribution is 0.0796. The zero-order valence-corrected chi connectivity index (χ0v) is 15.9. The van der Waals surface area contributed by atoms with Gasteiger partial charge in [-0.15, -0.1) is 0 Å². The molecule has 0 N–H and O–H groups in total. The van der Waals surface area contributed by atoms with Crippen LogP contribution in [0.15, 0.2) is 30.3 Å². The molecule has 1 aliphatic heterocycles. The zero-order chi connectivity index (χ0) is 19.4. The van der Waals surface area contributed by atoms with Gasteiger partial charge >= 0.3 is 0 Å². The number of carbonyl (C=O) groups is 1. The molecule has 0 fully saturated rings. The molecule has 0 aromatic heterocycles. The Balaban J connectivity index is 1.70. The molecule has 3 rings (SSSR count). The maximum atomic E-state index is 12.7. The van der Waals surface area contributed by atoms with Gasteiger partial charge in [0.1, 0.15) is 0 Å². The van der Waals surface area contributed by atoms with Gasteiger partial charge in [-0.05, 0) is 42.3 Å². The van der Waals surface area contributed by atoms with Crippen molar-refractivity contribution in [3.05, 3.63) is 41.5 Å². The molecule has 0 radical (unpaired) electrons. The fraction of sp³-hybridized carbons (Fsp3) is 0.350. The molecule has 1 aliphatic rings. The Kier molecular flexibility index (Phi) is 5.59. The highest BCUT2D eigenvalue weighted by Crippen LogP contribution is 2.38. The molecule has 27 heavy (non-hydrogen) atoms. The molecular formula is C20H23NO6. The third-order valence-electron chi connectivity index (χ3n) is 4.43.